The summed E-state index contributed by atoms with van der Waals surface area (Å²) in [6.07, 6.45) is 15.2. The van der Waals surface area contributed by atoms with Crippen molar-refractivity contribution in [3.63, 3.8) is 0 Å². The Hall–Kier alpha value is 0.519. The summed E-state index contributed by atoms with van der Waals surface area (Å²) in [6, 6.07) is 0. The van der Waals surface area contributed by atoms with Crippen LogP contribution in [0, 0.1) is 20.8 Å². The molecule has 0 nitrogen and oxygen atoms in total. The molecule has 0 saturated heterocycles. The van der Waals surface area contributed by atoms with Gasteiger partial charge in [-0.25, -0.2) is 0 Å². The van der Waals surface area contributed by atoms with Gasteiger partial charge in [-0.15, -0.1) is 0 Å². The molecule has 0 amide bonds. The van der Waals surface area contributed by atoms with Crippen LogP contribution in [0.3, 0.4) is 0 Å². The van der Waals surface area contributed by atoms with Gasteiger partial charge in [0.05, 0.1) is 0 Å². The van der Waals surface area contributed by atoms with Crippen molar-refractivity contribution in [1.82, 2.24) is 0 Å². The standard InChI is InChI=1S/3C6H13.Fe/c3*1-3-5-6-4-2;/h3*1,3-6H2,2H3;/q3*-1;+3. The molecule has 0 bridgehead atoms. The van der Waals surface area contributed by atoms with Crippen LogP contribution in [0.15, 0.2) is 0 Å². The van der Waals surface area contributed by atoms with E-state index in [2.05, 4.69) is 41.5 Å². The van der Waals surface area contributed by atoms with Gasteiger partial charge in [0.2, 0.25) is 0 Å². The average Bonchev–Trinajstić information content (AvgIpc) is 2.42. The van der Waals surface area contributed by atoms with Crippen LogP contribution in [-0.4, -0.2) is 0 Å². The minimum atomic E-state index is 0. The van der Waals surface area contributed by atoms with E-state index in [0.717, 1.165) is 19.3 Å². The van der Waals surface area contributed by atoms with Crippen molar-refractivity contribution >= 4 is 0 Å². The van der Waals surface area contributed by atoms with Gasteiger partial charge in [-0.1, -0.05) is 78.6 Å². The SMILES string of the molecule is [CH2-]CCCCC.[CH2-]CCCCC.[CH2-]CCCCC.[Fe+3]. The van der Waals surface area contributed by atoms with Gasteiger partial charge in [0, 0.05) is 0 Å². The molecule has 0 aliphatic rings. The molecule has 0 heterocycles. The molecular formula is C18H39Fe. The van der Waals surface area contributed by atoms with E-state index >= 15 is 0 Å². The van der Waals surface area contributed by atoms with E-state index < -0.39 is 0 Å². The summed E-state index contributed by atoms with van der Waals surface area (Å²) < 4.78 is 0. The van der Waals surface area contributed by atoms with Gasteiger partial charge in [-0.2, -0.15) is 19.3 Å². The molecule has 119 valence electrons. The van der Waals surface area contributed by atoms with Crippen molar-refractivity contribution in [2.24, 2.45) is 0 Å². The van der Waals surface area contributed by atoms with Crippen LogP contribution >= 0.6 is 0 Å². The van der Waals surface area contributed by atoms with Crippen molar-refractivity contribution in [3.8, 4) is 0 Å². The van der Waals surface area contributed by atoms with Gasteiger partial charge in [0.15, 0.2) is 0 Å². The molecule has 0 rings (SSSR count). The molecule has 1 heteroatoms. The second-order valence-electron chi connectivity index (χ2n) is 4.68. The molecule has 0 unspecified atom stereocenters. The summed E-state index contributed by atoms with van der Waals surface area (Å²) in [6.45, 7) is 17.8. The fraction of sp³-hybridized carbons (Fsp3) is 0.833. The van der Waals surface area contributed by atoms with E-state index in [0.29, 0.717) is 0 Å². The molecule has 0 spiro atoms. The summed E-state index contributed by atoms with van der Waals surface area (Å²) in [7, 11) is 0. The summed E-state index contributed by atoms with van der Waals surface area (Å²) >= 11 is 0. The fourth-order valence-corrected chi connectivity index (χ4v) is 1.28. The summed E-state index contributed by atoms with van der Waals surface area (Å²) in [5, 5.41) is 0. The van der Waals surface area contributed by atoms with Crippen LogP contribution < -0.4 is 0 Å². The van der Waals surface area contributed by atoms with E-state index in [9.17, 15) is 0 Å². The molecular weight excluding hydrogens is 272 g/mol. The maximum Gasteiger partial charge on any atom is 3.00 e. The third-order valence-corrected chi connectivity index (χ3v) is 2.56. The second kappa shape index (κ2) is 36.3. The van der Waals surface area contributed by atoms with Crippen molar-refractivity contribution in [1.29, 1.82) is 0 Å². The monoisotopic (exact) mass is 311 g/mol. The Bertz CT molecular complexity index is 60.7. The molecule has 0 aromatic heterocycles. The molecule has 0 fully saturated rings. The molecule has 0 aromatic carbocycles. The van der Waals surface area contributed by atoms with Gasteiger partial charge in [0.1, 0.15) is 0 Å². The first-order chi connectivity index (χ1) is 8.74. The fourth-order valence-electron chi connectivity index (χ4n) is 1.28. The number of hydrogen-bond donors (Lipinski definition) is 0. The first-order valence-corrected chi connectivity index (χ1v) is 8.12. The quantitative estimate of drug-likeness (QED) is 0.240. The largest absolute Gasteiger partial charge is 3.00 e. The number of unbranched alkanes of at least 4 members (excludes halogenated alkanes) is 9. The van der Waals surface area contributed by atoms with Gasteiger partial charge < -0.3 is 20.8 Å². The maximum absolute atomic E-state index is 3.72. The van der Waals surface area contributed by atoms with Crippen LogP contribution in [0.1, 0.15) is 97.8 Å². The molecule has 0 aliphatic heterocycles. The average molecular weight is 311 g/mol. The van der Waals surface area contributed by atoms with Gasteiger partial charge in [0.25, 0.3) is 0 Å². The molecule has 0 saturated carbocycles. The first-order valence-electron chi connectivity index (χ1n) is 8.12. The van der Waals surface area contributed by atoms with E-state index in [4.69, 9.17) is 0 Å². The van der Waals surface area contributed by atoms with Crippen LogP contribution in [-0.2, 0) is 17.1 Å². The third-order valence-electron chi connectivity index (χ3n) is 2.56. The second-order valence-corrected chi connectivity index (χ2v) is 4.68. The molecule has 0 N–H and O–H groups in total. The van der Waals surface area contributed by atoms with Gasteiger partial charge in [-0.05, 0) is 0 Å². The van der Waals surface area contributed by atoms with E-state index in [1.165, 1.54) is 57.8 Å². The predicted molar refractivity (Wildman–Crippen MR) is 88.5 cm³/mol. The van der Waals surface area contributed by atoms with E-state index in [1.54, 1.807) is 0 Å². The van der Waals surface area contributed by atoms with Crippen molar-refractivity contribution in [2.75, 3.05) is 0 Å². The minimum Gasteiger partial charge on any atom is -0.343 e. The number of rotatable bonds is 9. The molecule has 1 radical (unpaired) electrons. The van der Waals surface area contributed by atoms with Crippen LogP contribution in [0.2, 0.25) is 0 Å². The smallest absolute Gasteiger partial charge is 0.343 e. The normalized spacial score (nSPS) is 8.53. The molecule has 0 atom stereocenters. The van der Waals surface area contributed by atoms with Crippen molar-refractivity contribution in [2.45, 2.75) is 97.8 Å². The zero-order valence-corrected chi connectivity index (χ0v) is 15.1. The Kier molecular flexibility index (Phi) is 53.1. The van der Waals surface area contributed by atoms with Crippen molar-refractivity contribution < 1.29 is 17.1 Å². The van der Waals surface area contributed by atoms with E-state index in [-0.39, 0.29) is 17.1 Å². The predicted octanol–water partition coefficient (Wildman–Crippen LogP) is 7.20. The summed E-state index contributed by atoms with van der Waals surface area (Å²) in [5.74, 6) is 0. The molecule has 0 aliphatic carbocycles. The first kappa shape index (κ1) is 27.8. The van der Waals surface area contributed by atoms with E-state index in [1.807, 2.05) is 0 Å². The van der Waals surface area contributed by atoms with Crippen molar-refractivity contribution in [3.05, 3.63) is 20.8 Å². The molecule has 0 aromatic rings. The Morgan fingerprint density at radius 1 is 0.474 bits per heavy atom. The zero-order chi connectivity index (χ0) is 14.5. The Labute approximate surface area is 136 Å². The zero-order valence-electron chi connectivity index (χ0n) is 14.0. The topological polar surface area (TPSA) is 0 Å². The van der Waals surface area contributed by atoms with Crippen LogP contribution in [0.4, 0.5) is 0 Å². The minimum absolute atomic E-state index is 0. The molecule has 19 heavy (non-hydrogen) atoms. The Morgan fingerprint density at radius 2 is 0.684 bits per heavy atom. The van der Waals surface area contributed by atoms with Crippen LogP contribution in [0.5, 0.6) is 0 Å². The third kappa shape index (κ3) is 55.8. The summed E-state index contributed by atoms with van der Waals surface area (Å²) in [4.78, 5) is 0. The van der Waals surface area contributed by atoms with Crippen LogP contribution in [0.25, 0.3) is 0 Å². The summed E-state index contributed by atoms with van der Waals surface area (Å²) in [5.41, 5.74) is 0. The van der Waals surface area contributed by atoms with Gasteiger partial charge >= 0.3 is 17.1 Å². The maximum atomic E-state index is 3.72. The van der Waals surface area contributed by atoms with Gasteiger partial charge in [-0.3, -0.25) is 0 Å². The number of hydrogen-bond acceptors (Lipinski definition) is 0. The Morgan fingerprint density at radius 3 is 0.737 bits per heavy atom. The Balaban J connectivity index is -0.0000000865.